The predicted octanol–water partition coefficient (Wildman–Crippen LogP) is 1.48. The molecule has 6 nitrogen and oxygen atoms in total. The second kappa shape index (κ2) is 5.59. The highest BCUT2D eigenvalue weighted by atomic mass is 32.2. The molecule has 1 aliphatic rings. The fourth-order valence-electron chi connectivity index (χ4n) is 2.42. The first-order chi connectivity index (χ1) is 10.1. The van der Waals surface area contributed by atoms with E-state index in [9.17, 15) is 8.42 Å². The Balaban J connectivity index is 1.98. The van der Waals surface area contributed by atoms with Crippen LogP contribution in [0.1, 0.15) is 17.6 Å². The first-order valence-electron chi connectivity index (χ1n) is 6.75. The molecule has 0 unspecified atom stereocenters. The van der Waals surface area contributed by atoms with Crippen molar-refractivity contribution in [3.05, 3.63) is 48.0 Å². The van der Waals surface area contributed by atoms with Gasteiger partial charge in [0, 0.05) is 18.4 Å². The second-order valence-electron chi connectivity index (χ2n) is 4.97. The predicted molar refractivity (Wildman–Crippen MR) is 77.2 cm³/mol. The number of rotatable bonds is 3. The Morgan fingerprint density at radius 1 is 1.33 bits per heavy atom. The van der Waals surface area contributed by atoms with E-state index in [4.69, 9.17) is 4.74 Å². The molecule has 2 heterocycles. The van der Waals surface area contributed by atoms with Crippen LogP contribution in [0.4, 0.5) is 0 Å². The number of hydrogen-bond acceptors (Lipinski definition) is 4. The molecule has 7 heteroatoms. The van der Waals surface area contributed by atoms with Crippen LogP contribution in [-0.2, 0) is 14.8 Å². The molecule has 0 radical (unpaired) electrons. The number of aromatic amines is 1. The van der Waals surface area contributed by atoms with Crippen LogP contribution in [0.3, 0.4) is 0 Å². The molecule has 0 amide bonds. The normalized spacial score (nSPS) is 20.5. The van der Waals surface area contributed by atoms with Crippen molar-refractivity contribution in [3.63, 3.8) is 0 Å². The molecule has 0 saturated carbocycles. The minimum absolute atomic E-state index is 0.292. The Hall–Kier alpha value is -1.70. The van der Waals surface area contributed by atoms with Crippen LogP contribution >= 0.6 is 0 Å². The van der Waals surface area contributed by atoms with Crippen molar-refractivity contribution in [3.8, 4) is 0 Å². The summed E-state index contributed by atoms with van der Waals surface area (Å²) in [6.45, 7) is 2.90. The molecule has 1 aromatic carbocycles. The summed E-state index contributed by atoms with van der Waals surface area (Å²) >= 11 is 0. The fourth-order valence-corrected chi connectivity index (χ4v) is 4.00. The molecule has 3 rings (SSSR count). The maximum absolute atomic E-state index is 12.8. The Kier molecular flexibility index (Phi) is 3.79. The zero-order chi connectivity index (χ0) is 14.9. The largest absolute Gasteiger partial charge is 0.378 e. The van der Waals surface area contributed by atoms with Crippen molar-refractivity contribution >= 4 is 10.0 Å². The van der Waals surface area contributed by atoms with Crippen LogP contribution in [0.5, 0.6) is 0 Å². The van der Waals surface area contributed by atoms with Gasteiger partial charge in [0.15, 0.2) is 0 Å². The third-order valence-corrected chi connectivity index (χ3v) is 5.39. The lowest BCUT2D eigenvalue weighted by Gasteiger charge is -2.33. The summed E-state index contributed by atoms with van der Waals surface area (Å²) in [5, 5.41) is 0. The highest BCUT2D eigenvalue weighted by Gasteiger charge is 2.36. The van der Waals surface area contributed by atoms with Crippen molar-refractivity contribution < 1.29 is 13.2 Å². The molecular weight excluding hydrogens is 290 g/mol. The van der Waals surface area contributed by atoms with Crippen molar-refractivity contribution in [2.24, 2.45) is 0 Å². The van der Waals surface area contributed by atoms with E-state index in [1.165, 1.54) is 4.31 Å². The number of sulfonamides is 1. The summed E-state index contributed by atoms with van der Waals surface area (Å²) in [6.07, 6.45) is 1.69. The van der Waals surface area contributed by atoms with Crippen LogP contribution in [0, 0.1) is 6.92 Å². The average Bonchev–Trinajstić information content (AvgIpc) is 2.95. The monoisotopic (exact) mass is 307 g/mol. The second-order valence-corrected chi connectivity index (χ2v) is 6.86. The van der Waals surface area contributed by atoms with E-state index < -0.39 is 16.1 Å². The summed E-state index contributed by atoms with van der Waals surface area (Å²) in [7, 11) is -3.56. The summed E-state index contributed by atoms with van der Waals surface area (Å²) in [6, 6.07) is 8.03. The Morgan fingerprint density at radius 2 is 2.10 bits per heavy atom. The third-order valence-electron chi connectivity index (χ3n) is 3.47. The van der Waals surface area contributed by atoms with E-state index in [1.807, 2.05) is 6.92 Å². The quantitative estimate of drug-likeness (QED) is 0.932. The highest BCUT2D eigenvalue weighted by Crippen LogP contribution is 2.28. The number of morpholine rings is 1. The number of ether oxygens (including phenoxy) is 1. The molecule has 0 bridgehead atoms. The van der Waals surface area contributed by atoms with E-state index in [0.29, 0.717) is 30.5 Å². The van der Waals surface area contributed by atoms with Gasteiger partial charge in [-0.3, -0.25) is 0 Å². The molecule has 1 atom stereocenters. The number of nitrogens with one attached hydrogen (secondary N) is 1. The minimum atomic E-state index is -3.56. The molecule has 0 spiro atoms. The molecule has 112 valence electrons. The van der Waals surface area contributed by atoms with E-state index in [0.717, 1.165) is 5.69 Å². The van der Waals surface area contributed by atoms with Crippen molar-refractivity contribution in [1.29, 1.82) is 0 Å². The summed E-state index contributed by atoms with van der Waals surface area (Å²) in [5.41, 5.74) is 0.896. The topological polar surface area (TPSA) is 75.3 Å². The molecular formula is C14H17N3O3S. The number of imidazole rings is 1. The number of H-pyrrole nitrogens is 1. The fraction of sp³-hybridized carbons (Fsp3) is 0.357. The zero-order valence-corrected chi connectivity index (χ0v) is 12.5. The average molecular weight is 307 g/mol. The molecule has 2 aromatic rings. The highest BCUT2D eigenvalue weighted by molar-refractivity contribution is 7.89. The molecule has 0 aliphatic carbocycles. The maximum atomic E-state index is 12.8. The lowest BCUT2D eigenvalue weighted by atomic mass is 10.2. The van der Waals surface area contributed by atoms with Gasteiger partial charge in [-0.25, -0.2) is 13.4 Å². The minimum Gasteiger partial charge on any atom is -0.378 e. The van der Waals surface area contributed by atoms with Crippen LogP contribution in [0.15, 0.2) is 41.4 Å². The van der Waals surface area contributed by atoms with E-state index in [1.54, 1.807) is 36.5 Å². The van der Waals surface area contributed by atoms with Gasteiger partial charge in [0.25, 0.3) is 0 Å². The molecule has 1 saturated heterocycles. The van der Waals surface area contributed by atoms with E-state index in [2.05, 4.69) is 9.97 Å². The van der Waals surface area contributed by atoms with Crippen LogP contribution in [0.2, 0.25) is 0 Å². The van der Waals surface area contributed by atoms with Gasteiger partial charge < -0.3 is 9.72 Å². The standard InChI is InChI=1S/C14H17N3O3S/c1-11-9-15-14(16-11)13-10-20-8-7-17(13)21(18,19)12-5-3-2-4-6-12/h2-6,9,13H,7-8,10H2,1H3,(H,15,16)/t13-/m1/s1. The van der Waals surface area contributed by atoms with Crippen molar-refractivity contribution in [1.82, 2.24) is 14.3 Å². The smallest absolute Gasteiger partial charge is 0.243 e. The van der Waals surface area contributed by atoms with Gasteiger partial charge in [-0.05, 0) is 19.1 Å². The van der Waals surface area contributed by atoms with Gasteiger partial charge in [0.2, 0.25) is 10.0 Å². The maximum Gasteiger partial charge on any atom is 0.243 e. The van der Waals surface area contributed by atoms with Gasteiger partial charge in [0.1, 0.15) is 11.9 Å². The van der Waals surface area contributed by atoms with E-state index >= 15 is 0 Å². The molecule has 1 aromatic heterocycles. The number of nitrogens with zero attached hydrogens (tertiary/aromatic N) is 2. The molecule has 21 heavy (non-hydrogen) atoms. The van der Waals surface area contributed by atoms with Gasteiger partial charge in [0.05, 0.1) is 18.1 Å². The number of hydrogen-bond donors (Lipinski definition) is 1. The van der Waals surface area contributed by atoms with Crippen LogP contribution in [-0.4, -0.2) is 42.4 Å². The molecule has 1 fully saturated rings. The van der Waals surface area contributed by atoms with Gasteiger partial charge in [-0.15, -0.1) is 0 Å². The van der Waals surface area contributed by atoms with Crippen molar-refractivity contribution in [2.75, 3.05) is 19.8 Å². The Morgan fingerprint density at radius 3 is 2.76 bits per heavy atom. The Bertz CT molecular complexity index is 712. The van der Waals surface area contributed by atoms with E-state index in [-0.39, 0.29) is 0 Å². The zero-order valence-electron chi connectivity index (χ0n) is 11.7. The van der Waals surface area contributed by atoms with Crippen molar-refractivity contribution in [2.45, 2.75) is 17.9 Å². The summed E-state index contributed by atoms with van der Waals surface area (Å²) < 4.78 is 32.5. The first kappa shape index (κ1) is 14.2. The third kappa shape index (κ3) is 2.72. The molecule has 1 N–H and O–H groups in total. The summed E-state index contributed by atoms with van der Waals surface area (Å²) in [5.74, 6) is 0.617. The lowest BCUT2D eigenvalue weighted by molar-refractivity contribution is 0.0292. The Labute approximate surface area is 123 Å². The van der Waals surface area contributed by atoms with Crippen LogP contribution in [0.25, 0.3) is 0 Å². The SMILES string of the molecule is Cc1cnc([C@H]2COCCN2S(=O)(=O)c2ccccc2)[nH]1. The number of aromatic nitrogens is 2. The van der Waals surface area contributed by atoms with Gasteiger partial charge >= 0.3 is 0 Å². The number of benzene rings is 1. The molecule has 1 aliphatic heterocycles. The van der Waals surface area contributed by atoms with Gasteiger partial charge in [-0.1, -0.05) is 18.2 Å². The lowest BCUT2D eigenvalue weighted by Crippen LogP contribution is -2.43. The summed E-state index contributed by atoms with van der Waals surface area (Å²) in [4.78, 5) is 7.65. The number of aryl methyl sites for hydroxylation is 1. The van der Waals surface area contributed by atoms with Gasteiger partial charge in [-0.2, -0.15) is 4.31 Å². The van der Waals surface area contributed by atoms with Crippen LogP contribution < -0.4 is 0 Å². The first-order valence-corrected chi connectivity index (χ1v) is 8.19.